The SMILES string of the molecule is CC1C=CC(c2ccc(F)cc2)=C1. The van der Waals surface area contributed by atoms with Crippen LogP contribution in [0.4, 0.5) is 4.39 Å². The third-order valence-corrected chi connectivity index (χ3v) is 2.20. The molecule has 2 rings (SSSR count). The van der Waals surface area contributed by atoms with Gasteiger partial charge in [0.2, 0.25) is 0 Å². The Morgan fingerprint density at radius 3 is 2.38 bits per heavy atom. The van der Waals surface area contributed by atoms with Gasteiger partial charge in [0.1, 0.15) is 5.82 Å². The van der Waals surface area contributed by atoms with Crippen molar-refractivity contribution in [1.29, 1.82) is 0 Å². The lowest BCUT2D eigenvalue weighted by atomic mass is 10.1. The molecule has 1 heteroatoms. The van der Waals surface area contributed by atoms with Crippen molar-refractivity contribution in [3.05, 3.63) is 53.9 Å². The first kappa shape index (κ1) is 8.24. The summed E-state index contributed by atoms with van der Waals surface area (Å²) in [5, 5.41) is 0. The van der Waals surface area contributed by atoms with E-state index in [9.17, 15) is 4.39 Å². The Bertz CT molecular complexity index is 357. The summed E-state index contributed by atoms with van der Waals surface area (Å²) < 4.78 is 12.6. The highest BCUT2D eigenvalue weighted by Crippen LogP contribution is 2.24. The molecule has 0 nitrogen and oxygen atoms in total. The maximum atomic E-state index is 12.6. The van der Waals surface area contributed by atoms with Crippen molar-refractivity contribution in [3.8, 4) is 0 Å². The monoisotopic (exact) mass is 174 g/mol. The second kappa shape index (κ2) is 3.17. The number of hydrogen-bond acceptors (Lipinski definition) is 0. The van der Waals surface area contributed by atoms with Gasteiger partial charge in [0.05, 0.1) is 0 Å². The summed E-state index contributed by atoms with van der Waals surface area (Å²) >= 11 is 0. The van der Waals surface area contributed by atoms with Crippen LogP contribution in [0.25, 0.3) is 5.57 Å². The van der Waals surface area contributed by atoms with Gasteiger partial charge in [0.15, 0.2) is 0 Å². The fourth-order valence-corrected chi connectivity index (χ4v) is 1.48. The van der Waals surface area contributed by atoms with Crippen LogP contribution in [-0.4, -0.2) is 0 Å². The van der Waals surface area contributed by atoms with Crippen molar-refractivity contribution in [2.75, 3.05) is 0 Å². The van der Waals surface area contributed by atoms with Crippen molar-refractivity contribution in [2.24, 2.45) is 5.92 Å². The molecule has 66 valence electrons. The van der Waals surface area contributed by atoms with Crippen LogP contribution in [0.2, 0.25) is 0 Å². The molecule has 0 aromatic heterocycles. The molecule has 0 saturated carbocycles. The van der Waals surface area contributed by atoms with Crippen LogP contribution >= 0.6 is 0 Å². The Hall–Kier alpha value is -1.37. The van der Waals surface area contributed by atoms with E-state index in [4.69, 9.17) is 0 Å². The topological polar surface area (TPSA) is 0 Å². The minimum atomic E-state index is -0.181. The second-order valence-electron chi connectivity index (χ2n) is 3.35. The maximum absolute atomic E-state index is 12.6. The average Bonchev–Trinajstić information content (AvgIpc) is 2.53. The molecule has 1 aromatic rings. The summed E-state index contributed by atoms with van der Waals surface area (Å²) in [6, 6.07) is 6.60. The van der Waals surface area contributed by atoms with Crippen LogP contribution in [0.15, 0.2) is 42.5 Å². The van der Waals surface area contributed by atoms with Crippen molar-refractivity contribution in [1.82, 2.24) is 0 Å². The molecule has 0 N–H and O–H groups in total. The van der Waals surface area contributed by atoms with Crippen LogP contribution in [0.5, 0.6) is 0 Å². The lowest BCUT2D eigenvalue weighted by molar-refractivity contribution is 0.627. The van der Waals surface area contributed by atoms with E-state index in [0.29, 0.717) is 5.92 Å². The normalized spacial score (nSPS) is 20.5. The van der Waals surface area contributed by atoms with Gasteiger partial charge in [-0.3, -0.25) is 0 Å². The van der Waals surface area contributed by atoms with Gasteiger partial charge in [0.25, 0.3) is 0 Å². The van der Waals surface area contributed by atoms with Crippen molar-refractivity contribution >= 4 is 5.57 Å². The molecule has 0 saturated heterocycles. The van der Waals surface area contributed by atoms with Gasteiger partial charge in [-0.25, -0.2) is 4.39 Å². The fraction of sp³-hybridized carbons (Fsp3) is 0.167. The molecule has 1 atom stereocenters. The number of hydrogen-bond donors (Lipinski definition) is 0. The minimum Gasteiger partial charge on any atom is -0.207 e. The summed E-state index contributed by atoms with van der Waals surface area (Å²) in [5.74, 6) is 0.319. The standard InChI is InChI=1S/C12H11F/c1-9-2-3-11(8-9)10-4-6-12(13)7-5-10/h2-9H,1H3. The van der Waals surface area contributed by atoms with Crippen LogP contribution in [-0.2, 0) is 0 Å². The molecule has 0 radical (unpaired) electrons. The molecular weight excluding hydrogens is 163 g/mol. The first-order chi connectivity index (χ1) is 6.25. The largest absolute Gasteiger partial charge is 0.207 e. The van der Waals surface area contributed by atoms with Crippen LogP contribution in [0.3, 0.4) is 0 Å². The first-order valence-corrected chi connectivity index (χ1v) is 4.42. The summed E-state index contributed by atoms with van der Waals surface area (Å²) in [4.78, 5) is 0. The zero-order valence-corrected chi connectivity index (χ0v) is 7.50. The Morgan fingerprint density at radius 1 is 1.15 bits per heavy atom. The summed E-state index contributed by atoms with van der Waals surface area (Å²) in [6.07, 6.45) is 6.39. The Kier molecular flexibility index (Phi) is 2.01. The van der Waals surface area contributed by atoms with E-state index in [0.717, 1.165) is 5.56 Å². The highest BCUT2D eigenvalue weighted by molar-refractivity contribution is 5.76. The molecule has 0 aliphatic heterocycles. The molecule has 0 amide bonds. The van der Waals surface area contributed by atoms with E-state index >= 15 is 0 Å². The zero-order chi connectivity index (χ0) is 9.26. The van der Waals surface area contributed by atoms with Gasteiger partial charge in [-0.15, -0.1) is 0 Å². The van der Waals surface area contributed by atoms with Crippen molar-refractivity contribution in [3.63, 3.8) is 0 Å². The second-order valence-corrected chi connectivity index (χ2v) is 3.35. The predicted octanol–water partition coefficient (Wildman–Crippen LogP) is 3.42. The van der Waals surface area contributed by atoms with Gasteiger partial charge in [-0.1, -0.05) is 37.3 Å². The minimum absolute atomic E-state index is 0.181. The van der Waals surface area contributed by atoms with Crippen LogP contribution < -0.4 is 0 Å². The van der Waals surface area contributed by atoms with Gasteiger partial charge >= 0.3 is 0 Å². The molecular formula is C12H11F. The van der Waals surface area contributed by atoms with E-state index in [1.807, 2.05) is 12.1 Å². The number of allylic oxidation sites excluding steroid dienone is 4. The molecule has 13 heavy (non-hydrogen) atoms. The Morgan fingerprint density at radius 2 is 1.85 bits per heavy atom. The van der Waals surface area contributed by atoms with Crippen molar-refractivity contribution < 1.29 is 4.39 Å². The van der Waals surface area contributed by atoms with E-state index in [1.54, 1.807) is 0 Å². The molecule has 0 fully saturated rings. The van der Waals surface area contributed by atoms with E-state index in [1.165, 1.54) is 17.7 Å². The van der Waals surface area contributed by atoms with Gasteiger partial charge in [-0.2, -0.15) is 0 Å². The highest BCUT2D eigenvalue weighted by atomic mass is 19.1. The molecule has 0 spiro atoms. The van der Waals surface area contributed by atoms with Crippen LogP contribution in [0, 0.1) is 11.7 Å². The maximum Gasteiger partial charge on any atom is 0.123 e. The molecule has 0 bridgehead atoms. The number of halogens is 1. The van der Waals surface area contributed by atoms with Crippen molar-refractivity contribution in [2.45, 2.75) is 6.92 Å². The lowest BCUT2D eigenvalue weighted by Crippen LogP contribution is -1.80. The summed E-state index contributed by atoms with van der Waals surface area (Å²) in [7, 11) is 0. The Balaban J connectivity index is 2.32. The van der Waals surface area contributed by atoms with Crippen LogP contribution in [0.1, 0.15) is 12.5 Å². The third kappa shape index (κ3) is 1.69. The average molecular weight is 174 g/mol. The summed E-state index contributed by atoms with van der Waals surface area (Å²) in [6.45, 7) is 2.13. The molecule has 1 aromatic carbocycles. The van der Waals surface area contributed by atoms with Gasteiger partial charge < -0.3 is 0 Å². The van der Waals surface area contributed by atoms with Gasteiger partial charge in [0, 0.05) is 0 Å². The van der Waals surface area contributed by atoms with E-state index < -0.39 is 0 Å². The van der Waals surface area contributed by atoms with E-state index in [-0.39, 0.29) is 5.82 Å². The molecule has 1 aliphatic rings. The van der Waals surface area contributed by atoms with Gasteiger partial charge in [-0.05, 0) is 29.2 Å². The molecule has 1 unspecified atom stereocenters. The lowest BCUT2D eigenvalue weighted by Gasteiger charge is -1.98. The zero-order valence-electron chi connectivity index (χ0n) is 7.50. The quantitative estimate of drug-likeness (QED) is 0.612. The smallest absolute Gasteiger partial charge is 0.123 e. The Labute approximate surface area is 77.4 Å². The third-order valence-electron chi connectivity index (χ3n) is 2.20. The highest BCUT2D eigenvalue weighted by Gasteiger charge is 2.05. The first-order valence-electron chi connectivity index (χ1n) is 4.42. The predicted molar refractivity (Wildman–Crippen MR) is 52.7 cm³/mol. The molecule has 1 aliphatic carbocycles. The number of rotatable bonds is 1. The summed E-state index contributed by atoms with van der Waals surface area (Å²) in [5.41, 5.74) is 2.27. The number of benzene rings is 1. The fourth-order valence-electron chi connectivity index (χ4n) is 1.48. The van der Waals surface area contributed by atoms with E-state index in [2.05, 4.69) is 25.2 Å². The molecule has 0 heterocycles.